The normalized spacial score (nSPS) is 16.4. The molecule has 1 saturated heterocycles. The van der Waals surface area contributed by atoms with Gasteiger partial charge in [-0.25, -0.2) is 4.98 Å². The van der Waals surface area contributed by atoms with Crippen LogP contribution in [-0.4, -0.2) is 31.3 Å². The lowest BCUT2D eigenvalue weighted by Gasteiger charge is -2.22. The molecule has 1 aliphatic rings. The minimum Gasteiger partial charge on any atom is -0.495 e. The Bertz CT molecular complexity index is 894. The van der Waals surface area contributed by atoms with Crippen LogP contribution in [0.5, 0.6) is 11.6 Å². The fraction of sp³-hybridized carbons (Fsp3) is 0.261. The first-order chi connectivity index (χ1) is 13.2. The Morgan fingerprint density at radius 3 is 2.59 bits per heavy atom. The van der Waals surface area contributed by atoms with Gasteiger partial charge in [0.2, 0.25) is 5.88 Å². The standard InChI is InChI=1S/C23H24N2O2/c1-17-8-11-23(24-15-17)27-20-12-13-25(16-20)21-10-9-19(14-22(21)26-2)18-6-4-3-5-7-18/h3-11,14-15,20H,12-13,16H2,1-2H3/t20-/m0/s1. The molecule has 0 radical (unpaired) electrons. The lowest BCUT2D eigenvalue weighted by Crippen LogP contribution is -2.25. The van der Waals surface area contributed by atoms with E-state index in [1.165, 1.54) is 5.56 Å². The monoisotopic (exact) mass is 360 g/mol. The van der Waals surface area contributed by atoms with Crippen molar-refractivity contribution in [2.75, 3.05) is 25.1 Å². The van der Waals surface area contributed by atoms with Crippen molar-refractivity contribution < 1.29 is 9.47 Å². The average molecular weight is 360 g/mol. The second-order valence-electron chi connectivity index (χ2n) is 6.90. The summed E-state index contributed by atoms with van der Waals surface area (Å²) in [5, 5.41) is 0. The Hall–Kier alpha value is -3.01. The van der Waals surface area contributed by atoms with Crippen LogP contribution in [0.3, 0.4) is 0 Å². The van der Waals surface area contributed by atoms with Crippen molar-refractivity contribution in [2.24, 2.45) is 0 Å². The molecule has 2 aromatic carbocycles. The molecule has 2 heterocycles. The lowest BCUT2D eigenvalue weighted by molar-refractivity contribution is 0.216. The predicted molar refractivity (Wildman–Crippen MR) is 109 cm³/mol. The Kier molecular flexibility index (Phi) is 4.97. The van der Waals surface area contributed by atoms with Crippen LogP contribution in [0.15, 0.2) is 66.9 Å². The molecule has 1 aromatic heterocycles. The number of anilines is 1. The maximum Gasteiger partial charge on any atom is 0.213 e. The molecule has 4 heteroatoms. The van der Waals surface area contributed by atoms with Crippen LogP contribution < -0.4 is 14.4 Å². The first-order valence-electron chi connectivity index (χ1n) is 9.30. The van der Waals surface area contributed by atoms with E-state index in [0.29, 0.717) is 5.88 Å². The van der Waals surface area contributed by atoms with Gasteiger partial charge in [-0.1, -0.05) is 42.5 Å². The van der Waals surface area contributed by atoms with E-state index in [9.17, 15) is 0 Å². The molecular formula is C23H24N2O2. The maximum absolute atomic E-state index is 6.05. The second kappa shape index (κ2) is 7.70. The summed E-state index contributed by atoms with van der Waals surface area (Å²) in [5.41, 5.74) is 4.60. The van der Waals surface area contributed by atoms with E-state index < -0.39 is 0 Å². The first kappa shape index (κ1) is 17.4. The molecule has 3 aromatic rings. The molecule has 0 spiro atoms. The van der Waals surface area contributed by atoms with Crippen LogP contribution in [0.4, 0.5) is 5.69 Å². The zero-order chi connectivity index (χ0) is 18.6. The molecule has 1 aliphatic heterocycles. The number of ether oxygens (including phenoxy) is 2. The van der Waals surface area contributed by atoms with E-state index >= 15 is 0 Å². The average Bonchev–Trinajstić information content (AvgIpc) is 3.18. The van der Waals surface area contributed by atoms with Gasteiger partial charge in [0.25, 0.3) is 0 Å². The van der Waals surface area contributed by atoms with Gasteiger partial charge in [-0.15, -0.1) is 0 Å². The van der Waals surface area contributed by atoms with Gasteiger partial charge in [-0.3, -0.25) is 0 Å². The zero-order valence-electron chi connectivity index (χ0n) is 15.8. The summed E-state index contributed by atoms with van der Waals surface area (Å²) >= 11 is 0. The molecule has 4 nitrogen and oxygen atoms in total. The minimum absolute atomic E-state index is 0.138. The quantitative estimate of drug-likeness (QED) is 0.659. The molecule has 1 fully saturated rings. The molecule has 0 bridgehead atoms. The number of aryl methyl sites for hydroxylation is 1. The summed E-state index contributed by atoms with van der Waals surface area (Å²) in [6.45, 7) is 3.80. The fourth-order valence-electron chi connectivity index (χ4n) is 3.49. The van der Waals surface area contributed by atoms with E-state index in [1.54, 1.807) is 7.11 Å². The van der Waals surface area contributed by atoms with Crippen LogP contribution in [-0.2, 0) is 0 Å². The highest BCUT2D eigenvalue weighted by atomic mass is 16.5. The van der Waals surface area contributed by atoms with Gasteiger partial charge < -0.3 is 14.4 Å². The van der Waals surface area contributed by atoms with Gasteiger partial charge >= 0.3 is 0 Å². The van der Waals surface area contributed by atoms with E-state index in [2.05, 4.69) is 52.3 Å². The number of rotatable bonds is 5. The predicted octanol–water partition coefficient (Wildman–Crippen LogP) is 4.72. The van der Waals surface area contributed by atoms with Gasteiger partial charge in [0, 0.05) is 25.2 Å². The number of hydrogen-bond donors (Lipinski definition) is 0. The SMILES string of the molecule is COc1cc(-c2ccccc2)ccc1N1CC[C@H](Oc2ccc(C)cn2)C1. The van der Waals surface area contributed by atoms with E-state index in [0.717, 1.165) is 42.1 Å². The maximum atomic E-state index is 6.05. The number of methoxy groups -OCH3 is 1. The van der Waals surface area contributed by atoms with Gasteiger partial charge in [0.15, 0.2) is 0 Å². The summed E-state index contributed by atoms with van der Waals surface area (Å²) in [7, 11) is 1.73. The van der Waals surface area contributed by atoms with Crippen molar-refractivity contribution >= 4 is 5.69 Å². The van der Waals surface area contributed by atoms with E-state index in [4.69, 9.17) is 9.47 Å². The largest absolute Gasteiger partial charge is 0.495 e. The summed E-state index contributed by atoms with van der Waals surface area (Å²) in [6.07, 6.45) is 2.95. The van der Waals surface area contributed by atoms with Crippen molar-refractivity contribution in [1.29, 1.82) is 0 Å². The zero-order valence-corrected chi connectivity index (χ0v) is 15.8. The molecular weight excluding hydrogens is 336 g/mol. The molecule has 0 unspecified atom stereocenters. The van der Waals surface area contributed by atoms with Gasteiger partial charge in [-0.2, -0.15) is 0 Å². The van der Waals surface area contributed by atoms with Crippen LogP contribution in [0.25, 0.3) is 11.1 Å². The Morgan fingerprint density at radius 1 is 1.00 bits per heavy atom. The number of hydrogen-bond acceptors (Lipinski definition) is 4. The molecule has 1 atom stereocenters. The van der Waals surface area contributed by atoms with Crippen molar-refractivity contribution in [2.45, 2.75) is 19.4 Å². The smallest absolute Gasteiger partial charge is 0.213 e. The van der Waals surface area contributed by atoms with Crippen molar-refractivity contribution in [1.82, 2.24) is 4.98 Å². The summed E-state index contributed by atoms with van der Waals surface area (Å²) < 4.78 is 11.7. The number of nitrogens with zero attached hydrogens (tertiary/aromatic N) is 2. The highest BCUT2D eigenvalue weighted by molar-refractivity contribution is 5.71. The van der Waals surface area contributed by atoms with Crippen molar-refractivity contribution in [3.05, 3.63) is 72.4 Å². The topological polar surface area (TPSA) is 34.6 Å². The number of benzene rings is 2. The molecule has 0 saturated carbocycles. The third kappa shape index (κ3) is 3.90. The molecule has 27 heavy (non-hydrogen) atoms. The minimum atomic E-state index is 0.138. The van der Waals surface area contributed by atoms with Crippen LogP contribution in [0.1, 0.15) is 12.0 Å². The van der Waals surface area contributed by atoms with E-state index in [1.807, 2.05) is 31.3 Å². The third-order valence-electron chi connectivity index (χ3n) is 4.94. The number of pyridine rings is 1. The summed E-state index contributed by atoms with van der Waals surface area (Å²) in [6, 6.07) is 20.7. The number of aromatic nitrogens is 1. The first-order valence-corrected chi connectivity index (χ1v) is 9.30. The molecule has 4 rings (SSSR count). The van der Waals surface area contributed by atoms with Crippen LogP contribution >= 0.6 is 0 Å². The highest BCUT2D eigenvalue weighted by Gasteiger charge is 2.26. The molecule has 0 aliphatic carbocycles. The van der Waals surface area contributed by atoms with Gasteiger partial charge in [0.1, 0.15) is 11.9 Å². The molecule has 0 amide bonds. The summed E-state index contributed by atoms with van der Waals surface area (Å²) in [4.78, 5) is 6.68. The third-order valence-corrected chi connectivity index (χ3v) is 4.94. The lowest BCUT2D eigenvalue weighted by atomic mass is 10.0. The summed E-state index contributed by atoms with van der Waals surface area (Å²) in [5.74, 6) is 1.59. The molecule has 0 N–H and O–H groups in total. The van der Waals surface area contributed by atoms with Crippen LogP contribution in [0.2, 0.25) is 0 Å². The molecule has 138 valence electrons. The van der Waals surface area contributed by atoms with Crippen molar-refractivity contribution in [3.63, 3.8) is 0 Å². The van der Waals surface area contributed by atoms with E-state index in [-0.39, 0.29) is 6.10 Å². The second-order valence-corrected chi connectivity index (χ2v) is 6.90. The van der Waals surface area contributed by atoms with Crippen molar-refractivity contribution in [3.8, 4) is 22.8 Å². The fourth-order valence-corrected chi connectivity index (χ4v) is 3.49. The highest BCUT2D eigenvalue weighted by Crippen LogP contribution is 2.35. The Balaban J connectivity index is 1.49. The van der Waals surface area contributed by atoms with Crippen LogP contribution in [0, 0.1) is 6.92 Å². The Labute approximate surface area is 160 Å². The van der Waals surface area contributed by atoms with Gasteiger partial charge in [0.05, 0.1) is 19.3 Å². The Morgan fingerprint density at radius 2 is 1.85 bits per heavy atom. The van der Waals surface area contributed by atoms with Gasteiger partial charge in [-0.05, 0) is 35.7 Å².